The van der Waals surface area contributed by atoms with E-state index in [4.69, 9.17) is 5.73 Å². The van der Waals surface area contributed by atoms with Crippen LogP contribution in [-0.4, -0.2) is 10.9 Å². The second kappa shape index (κ2) is 5.49. The Bertz CT molecular complexity index is 570. The summed E-state index contributed by atoms with van der Waals surface area (Å²) >= 11 is 4.81. The van der Waals surface area contributed by atoms with Crippen molar-refractivity contribution in [3.05, 3.63) is 44.8 Å². The van der Waals surface area contributed by atoms with Crippen molar-refractivity contribution in [2.45, 2.75) is 13.0 Å². The minimum Gasteiger partial charge on any atom is -0.369 e. The van der Waals surface area contributed by atoms with Gasteiger partial charge in [0.15, 0.2) is 0 Å². The number of carbonyl (C=O) groups excluding carboxylic acids is 1. The van der Waals surface area contributed by atoms with Crippen molar-refractivity contribution < 1.29 is 4.79 Å². The van der Waals surface area contributed by atoms with Gasteiger partial charge in [0, 0.05) is 10.2 Å². The number of aromatic nitrogens is 1. The number of amides is 1. The molecule has 3 N–H and O–H groups in total. The van der Waals surface area contributed by atoms with E-state index in [2.05, 4.69) is 26.2 Å². The second-order valence-electron chi connectivity index (χ2n) is 3.79. The predicted octanol–water partition coefficient (Wildman–Crippen LogP) is 2.85. The number of carbonyl (C=O) groups is 1. The molecule has 0 saturated carbocycles. The van der Waals surface area contributed by atoms with Crippen molar-refractivity contribution in [3.8, 4) is 0 Å². The van der Waals surface area contributed by atoms with Gasteiger partial charge in [-0.2, -0.15) is 0 Å². The molecule has 0 spiro atoms. The quantitative estimate of drug-likeness (QED) is 0.908. The summed E-state index contributed by atoms with van der Waals surface area (Å²) in [6.07, 6.45) is 0. The lowest BCUT2D eigenvalue weighted by Gasteiger charge is -2.16. The third kappa shape index (κ3) is 2.88. The Morgan fingerprint density at radius 1 is 1.56 bits per heavy atom. The zero-order valence-corrected chi connectivity index (χ0v) is 12.1. The van der Waals surface area contributed by atoms with Crippen molar-refractivity contribution in [2.24, 2.45) is 5.73 Å². The predicted molar refractivity (Wildman–Crippen MR) is 76.6 cm³/mol. The third-order valence-corrected chi connectivity index (χ3v) is 3.95. The van der Waals surface area contributed by atoms with Gasteiger partial charge in [-0.25, -0.2) is 4.98 Å². The highest BCUT2D eigenvalue weighted by Gasteiger charge is 2.21. The molecule has 1 amide bonds. The Labute approximate surface area is 117 Å². The Morgan fingerprint density at radius 2 is 2.33 bits per heavy atom. The van der Waals surface area contributed by atoms with E-state index in [9.17, 15) is 4.79 Å². The summed E-state index contributed by atoms with van der Waals surface area (Å²) in [5.74, 6) is -0.415. The SMILES string of the molecule is Cc1ncsc1C(Nc1cccc(Br)c1)C(N)=O. The van der Waals surface area contributed by atoms with Crippen LogP contribution in [0.2, 0.25) is 0 Å². The van der Waals surface area contributed by atoms with Crippen molar-refractivity contribution >= 4 is 38.9 Å². The summed E-state index contributed by atoms with van der Waals surface area (Å²) in [6, 6.07) is 7.04. The summed E-state index contributed by atoms with van der Waals surface area (Å²) < 4.78 is 0.941. The smallest absolute Gasteiger partial charge is 0.245 e. The largest absolute Gasteiger partial charge is 0.369 e. The molecule has 0 saturated heterocycles. The Morgan fingerprint density at radius 3 is 2.89 bits per heavy atom. The van der Waals surface area contributed by atoms with Crippen molar-refractivity contribution in [3.63, 3.8) is 0 Å². The lowest BCUT2D eigenvalue weighted by Crippen LogP contribution is -2.27. The molecule has 2 rings (SSSR count). The van der Waals surface area contributed by atoms with Gasteiger partial charge in [0.1, 0.15) is 6.04 Å². The van der Waals surface area contributed by atoms with Crippen molar-refractivity contribution in [1.29, 1.82) is 0 Å². The standard InChI is InChI=1S/C12H12BrN3OS/c1-7-11(18-6-15-7)10(12(14)17)16-9-4-2-3-8(13)5-9/h2-6,10,16H,1H3,(H2,14,17). The van der Waals surface area contributed by atoms with Crippen LogP contribution in [0.1, 0.15) is 16.6 Å². The maximum absolute atomic E-state index is 11.6. The van der Waals surface area contributed by atoms with Gasteiger partial charge >= 0.3 is 0 Å². The fourth-order valence-corrected chi connectivity index (χ4v) is 2.86. The van der Waals surface area contributed by atoms with Crippen LogP contribution in [0, 0.1) is 6.92 Å². The number of nitrogens with one attached hydrogen (secondary N) is 1. The number of aryl methyl sites for hydroxylation is 1. The lowest BCUT2D eigenvalue weighted by atomic mass is 10.2. The Balaban J connectivity index is 2.28. The third-order valence-electron chi connectivity index (χ3n) is 2.46. The Kier molecular flexibility index (Phi) is 3.98. The molecule has 94 valence electrons. The number of hydrogen-bond donors (Lipinski definition) is 2. The minimum atomic E-state index is -0.549. The molecular formula is C12H12BrN3OS. The van der Waals surface area contributed by atoms with Crippen LogP contribution in [-0.2, 0) is 4.79 Å². The molecule has 18 heavy (non-hydrogen) atoms. The van der Waals surface area contributed by atoms with E-state index >= 15 is 0 Å². The van der Waals surface area contributed by atoms with E-state index in [1.807, 2.05) is 31.2 Å². The number of hydrogen-bond acceptors (Lipinski definition) is 4. The maximum Gasteiger partial charge on any atom is 0.245 e. The van der Waals surface area contributed by atoms with E-state index in [1.165, 1.54) is 11.3 Å². The zero-order valence-electron chi connectivity index (χ0n) is 9.68. The summed E-state index contributed by atoms with van der Waals surface area (Å²) in [7, 11) is 0. The minimum absolute atomic E-state index is 0.415. The Hall–Kier alpha value is -1.40. The molecule has 1 heterocycles. The highest BCUT2D eigenvalue weighted by atomic mass is 79.9. The molecular weight excluding hydrogens is 314 g/mol. The lowest BCUT2D eigenvalue weighted by molar-refractivity contribution is -0.118. The van der Waals surface area contributed by atoms with E-state index in [0.717, 1.165) is 20.7 Å². The molecule has 1 aromatic carbocycles. The summed E-state index contributed by atoms with van der Waals surface area (Å²) in [6.45, 7) is 1.87. The van der Waals surface area contributed by atoms with Gasteiger partial charge in [-0.1, -0.05) is 22.0 Å². The average Bonchev–Trinajstić information content (AvgIpc) is 2.72. The van der Waals surface area contributed by atoms with Crippen LogP contribution in [0.5, 0.6) is 0 Å². The molecule has 0 radical (unpaired) electrons. The molecule has 4 nitrogen and oxygen atoms in total. The van der Waals surface area contributed by atoms with Crippen molar-refractivity contribution in [1.82, 2.24) is 4.98 Å². The zero-order chi connectivity index (χ0) is 13.1. The number of rotatable bonds is 4. The summed E-state index contributed by atoms with van der Waals surface area (Å²) in [5, 5.41) is 3.13. The second-order valence-corrected chi connectivity index (χ2v) is 5.59. The summed E-state index contributed by atoms with van der Waals surface area (Å²) in [4.78, 5) is 16.6. The van der Waals surface area contributed by atoms with Crippen LogP contribution < -0.4 is 11.1 Å². The van der Waals surface area contributed by atoms with Gasteiger partial charge in [-0.15, -0.1) is 11.3 Å². The summed E-state index contributed by atoms with van der Waals surface area (Å²) in [5.41, 5.74) is 8.82. The van der Waals surface area contributed by atoms with Crippen molar-refractivity contribution in [2.75, 3.05) is 5.32 Å². The number of nitrogens with two attached hydrogens (primary N) is 1. The first-order chi connectivity index (χ1) is 8.58. The van der Waals surface area contributed by atoms with E-state index in [-0.39, 0.29) is 0 Å². The van der Waals surface area contributed by atoms with Gasteiger partial charge < -0.3 is 11.1 Å². The molecule has 2 aromatic rings. The first-order valence-electron chi connectivity index (χ1n) is 5.29. The van der Waals surface area contributed by atoms with Crippen LogP contribution in [0.4, 0.5) is 5.69 Å². The highest BCUT2D eigenvalue weighted by molar-refractivity contribution is 9.10. The highest BCUT2D eigenvalue weighted by Crippen LogP contribution is 2.26. The van der Waals surface area contributed by atoms with Crippen LogP contribution in [0.15, 0.2) is 34.2 Å². The number of anilines is 1. The number of halogens is 1. The first-order valence-corrected chi connectivity index (χ1v) is 6.96. The van der Waals surface area contributed by atoms with Gasteiger partial charge in [-0.3, -0.25) is 4.79 Å². The van der Waals surface area contributed by atoms with E-state index < -0.39 is 11.9 Å². The molecule has 0 fully saturated rings. The molecule has 0 aliphatic carbocycles. The van der Waals surface area contributed by atoms with Gasteiger partial charge in [0.05, 0.1) is 16.1 Å². The first kappa shape index (κ1) is 13.0. The normalized spacial score (nSPS) is 12.1. The van der Waals surface area contributed by atoms with Crippen LogP contribution >= 0.6 is 27.3 Å². The molecule has 0 aliphatic heterocycles. The monoisotopic (exact) mass is 325 g/mol. The van der Waals surface area contributed by atoms with Gasteiger partial charge in [0.25, 0.3) is 0 Å². The van der Waals surface area contributed by atoms with Crippen LogP contribution in [0.25, 0.3) is 0 Å². The number of nitrogens with zero attached hydrogens (tertiary/aromatic N) is 1. The number of benzene rings is 1. The fraction of sp³-hybridized carbons (Fsp3) is 0.167. The van der Waals surface area contributed by atoms with Gasteiger partial charge in [0.2, 0.25) is 5.91 Å². The van der Waals surface area contributed by atoms with E-state index in [0.29, 0.717) is 0 Å². The van der Waals surface area contributed by atoms with Crippen LogP contribution in [0.3, 0.4) is 0 Å². The topological polar surface area (TPSA) is 68.0 Å². The molecule has 0 aliphatic rings. The average molecular weight is 326 g/mol. The maximum atomic E-state index is 11.6. The molecule has 1 aromatic heterocycles. The number of primary amides is 1. The number of thiazole rings is 1. The molecule has 6 heteroatoms. The molecule has 1 unspecified atom stereocenters. The fourth-order valence-electron chi connectivity index (χ4n) is 1.60. The molecule has 0 bridgehead atoms. The van der Waals surface area contributed by atoms with Gasteiger partial charge in [-0.05, 0) is 25.1 Å². The van der Waals surface area contributed by atoms with E-state index in [1.54, 1.807) is 5.51 Å². The molecule has 1 atom stereocenters.